The van der Waals surface area contributed by atoms with E-state index in [1.54, 1.807) is 0 Å². The second-order valence-electron chi connectivity index (χ2n) is 8.04. The van der Waals surface area contributed by atoms with Gasteiger partial charge in [0, 0.05) is 12.1 Å². The number of hydrogen-bond donors (Lipinski definition) is 0. The molecule has 132 valence electrons. The van der Waals surface area contributed by atoms with Gasteiger partial charge in [-0.05, 0) is 51.9 Å². The first-order valence-corrected chi connectivity index (χ1v) is 8.81. The maximum Gasteiger partial charge on any atom is 0.410 e. The number of ether oxygens (including phenoxy) is 2. The third kappa shape index (κ3) is 4.39. The minimum Gasteiger partial charge on any atom is -0.469 e. The fourth-order valence-corrected chi connectivity index (χ4v) is 4.15. The van der Waals surface area contributed by atoms with E-state index in [9.17, 15) is 9.59 Å². The third-order valence-electron chi connectivity index (χ3n) is 5.20. The minimum atomic E-state index is -0.528. The number of nitrogens with zero attached hydrogens (tertiary/aromatic N) is 1. The number of amides is 1. The Bertz CT molecular complexity index is 443. The van der Waals surface area contributed by atoms with Crippen LogP contribution in [0.3, 0.4) is 0 Å². The molecule has 5 heteroatoms. The van der Waals surface area contributed by atoms with Gasteiger partial charge in [0.15, 0.2) is 0 Å². The Hall–Kier alpha value is -1.26. The highest BCUT2D eigenvalue weighted by Crippen LogP contribution is 2.42. The van der Waals surface area contributed by atoms with E-state index >= 15 is 0 Å². The molecule has 2 rings (SSSR count). The summed E-state index contributed by atoms with van der Waals surface area (Å²) in [6.45, 7) is 7.92. The Kier molecular flexibility index (Phi) is 5.58. The van der Waals surface area contributed by atoms with Crippen molar-refractivity contribution in [3.8, 4) is 0 Å². The van der Waals surface area contributed by atoms with Crippen LogP contribution in [0, 0.1) is 11.8 Å². The van der Waals surface area contributed by atoms with Crippen LogP contribution in [0.1, 0.15) is 66.2 Å². The van der Waals surface area contributed by atoms with Gasteiger partial charge in [-0.25, -0.2) is 4.79 Å². The normalized spacial score (nSPS) is 31.3. The van der Waals surface area contributed by atoms with E-state index in [1.165, 1.54) is 13.5 Å². The number of carbonyl (C=O) groups excluding carboxylic acids is 2. The second kappa shape index (κ2) is 7.10. The lowest BCUT2D eigenvalue weighted by Crippen LogP contribution is -2.57. The molecule has 0 aromatic rings. The van der Waals surface area contributed by atoms with E-state index in [1.807, 2.05) is 25.7 Å². The Morgan fingerprint density at radius 1 is 1.13 bits per heavy atom. The van der Waals surface area contributed by atoms with Crippen LogP contribution in [-0.2, 0) is 14.3 Å². The van der Waals surface area contributed by atoms with Crippen LogP contribution in [-0.4, -0.2) is 41.8 Å². The van der Waals surface area contributed by atoms with Crippen LogP contribution in [0.2, 0.25) is 0 Å². The summed E-state index contributed by atoms with van der Waals surface area (Å²) in [6.07, 6.45) is 5.26. The number of fused-ring (bicyclic) bond motifs is 1. The zero-order valence-electron chi connectivity index (χ0n) is 15.1. The van der Waals surface area contributed by atoms with Crippen LogP contribution in [0.25, 0.3) is 0 Å². The van der Waals surface area contributed by atoms with Crippen molar-refractivity contribution in [2.45, 2.75) is 83.9 Å². The summed E-state index contributed by atoms with van der Waals surface area (Å²) < 4.78 is 10.5. The van der Waals surface area contributed by atoms with Crippen LogP contribution < -0.4 is 0 Å². The summed E-state index contributed by atoms with van der Waals surface area (Å²) in [4.78, 5) is 26.4. The number of rotatable bonds is 2. The molecule has 1 amide bonds. The SMILES string of the molecule is COC(=O)C[C@H]1CC[C@H]2[C@H](C)CCC[C@H]2N1C(=O)OC(C)(C)C. The minimum absolute atomic E-state index is 0.108. The van der Waals surface area contributed by atoms with Crippen molar-refractivity contribution >= 4 is 12.1 Å². The average molecular weight is 325 g/mol. The maximum atomic E-state index is 12.8. The van der Waals surface area contributed by atoms with E-state index < -0.39 is 5.60 Å². The van der Waals surface area contributed by atoms with Gasteiger partial charge in [-0.2, -0.15) is 0 Å². The molecule has 4 atom stereocenters. The van der Waals surface area contributed by atoms with E-state index in [4.69, 9.17) is 9.47 Å². The number of esters is 1. The Balaban J connectivity index is 2.21. The van der Waals surface area contributed by atoms with Gasteiger partial charge in [0.1, 0.15) is 5.60 Å². The predicted octanol–water partition coefficient (Wildman–Crippen LogP) is 3.75. The molecule has 23 heavy (non-hydrogen) atoms. The van der Waals surface area contributed by atoms with Crippen LogP contribution in [0.5, 0.6) is 0 Å². The lowest BCUT2D eigenvalue weighted by Gasteiger charge is -2.50. The third-order valence-corrected chi connectivity index (χ3v) is 5.20. The zero-order chi connectivity index (χ0) is 17.2. The Morgan fingerprint density at radius 3 is 2.43 bits per heavy atom. The molecule has 2 fully saturated rings. The highest BCUT2D eigenvalue weighted by atomic mass is 16.6. The molecule has 0 radical (unpaired) electrons. The monoisotopic (exact) mass is 325 g/mol. The molecule has 1 saturated heterocycles. The number of methoxy groups -OCH3 is 1. The first kappa shape index (κ1) is 18.1. The smallest absolute Gasteiger partial charge is 0.410 e. The van der Waals surface area contributed by atoms with Crippen molar-refractivity contribution in [2.24, 2.45) is 11.8 Å². The molecule has 1 heterocycles. The van der Waals surface area contributed by atoms with E-state index in [0.29, 0.717) is 11.8 Å². The quantitative estimate of drug-likeness (QED) is 0.726. The molecule has 0 bridgehead atoms. The second-order valence-corrected chi connectivity index (χ2v) is 8.04. The molecule has 2 aliphatic rings. The maximum absolute atomic E-state index is 12.8. The van der Waals surface area contributed by atoms with Crippen molar-refractivity contribution in [1.29, 1.82) is 0 Å². The predicted molar refractivity (Wildman–Crippen MR) is 88.0 cm³/mol. The number of likely N-dealkylation sites (tertiary alicyclic amines) is 1. The standard InChI is InChI=1S/C18H31NO4/c1-12-7-6-8-15-14(12)10-9-13(11-16(20)22-5)19(15)17(21)23-18(2,3)4/h12-15H,6-11H2,1-5H3/t12-,13-,14+,15-/m1/s1. The lowest BCUT2D eigenvalue weighted by molar-refractivity contribution is -0.143. The molecule has 5 nitrogen and oxygen atoms in total. The fourth-order valence-electron chi connectivity index (χ4n) is 4.15. The van der Waals surface area contributed by atoms with Crippen molar-refractivity contribution in [3.05, 3.63) is 0 Å². The number of hydrogen-bond acceptors (Lipinski definition) is 4. The van der Waals surface area contributed by atoms with Gasteiger partial charge in [-0.1, -0.05) is 19.8 Å². The van der Waals surface area contributed by atoms with Gasteiger partial charge >= 0.3 is 12.1 Å². The van der Waals surface area contributed by atoms with E-state index in [0.717, 1.165) is 25.7 Å². The zero-order valence-corrected chi connectivity index (χ0v) is 15.1. The molecule has 0 aromatic carbocycles. The van der Waals surface area contributed by atoms with Crippen LogP contribution in [0.15, 0.2) is 0 Å². The van der Waals surface area contributed by atoms with Crippen molar-refractivity contribution < 1.29 is 19.1 Å². The van der Waals surface area contributed by atoms with Crippen molar-refractivity contribution in [1.82, 2.24) is 4.90 Å². The molecule has 1 aliphatic carbocycles. The summed E-state index contributed by atoms with van der Waals surface area (Å²) in [6, 6.07) is 0.0841. The first-order valence-electron chi connectivity index (χ1n) is 8.81. The van der Waals surface area contributed by atoms with Gasteiger partial charge in [-0.3, -0.25) is 4.79 Å². The molecule has 0 unspecified atom stereocenters. The Morgan fingerprint density at radius 2 is 1.83 bits per heavy atom. The molecule has 0 spiro atoms. The summed E-state index contributed by atoms with van der Waals surface area (Å²) in [5.41, 5.74) is -0.528. The summed E-state index contributed by atoms with van der Waals surface area (Å²) >= 11 is 0. The highest BCUT2D eigenvalue weighted by Gasteiger charge is 2.45. The van der Waals surface area contributed by atoms with Gasteiger partial charge in [0.25, 0.3) is 0 Å². The average Bonchev–Trinajstić information content (AvgIpc) is 2.45. The van der Waals surface area contributed by atoms with Gasteiger partial charge in [0.05, 0.1) is 13.5 Å². The molecule has 0 N–H and O–H groups in total. The molecule has 1 aliphatic heterocycles. The highest BCUT2D eigenvalue weighted by molar-refractivity contribution is 5.73. The summed E-state index contributed by atoms with van der Waals surface area (Å²) in [7, 11) is 1.40. The largest absolute Gasteiger partial charge is 0.469 e. The molecule has 1 saturated carbocycles. The molecular weight excluding hydrogens is 294 g/mol. The first-order chi connectivity index (χ1) is 10.7. The van der Waals surface area contributed by atoms with Crippen LogP contribution in [0.4, 0.5) is 4.79 Å². The molecule has 0 aromatic heterocycles. The number of piperidine rings is 1. The van der Waals surface area contributed by atoms with Gasteiger partial charge < -0.3 is 14.4 Å². The fraction of sp³-hybridized carbons (Fsp3) is 0.889. The summed E-state index contributed by atoms with van der Waals surface area (Å²) in [5.74, 6) is 0.883. The van der Waals surface area contributed by atoms with Crippen LogP contribution >= 0.6 is 0 Å². The van der Waals surface area contributed by atoms with Gasteiger partial charge in [0.2, 0.25) is 0 Å². The van der Waals surface area contributed by atoms with Crippen molar-refractivity contribution in [2.75, 3.05) is 7.11 Å². The number of carbonyl (C=O) groups is 2. The summed E-state index contributed by atoms with van der Waals surface area (Å²) in [5, 5.41) is 0. The van der Waals surface area contributed by atoms with E-state index in [-0.39, 0.29) is 30.6 Å². The molecular formula is C18H31NO4. The van der Waals surface area contributed by atoms with E-state index in [2.05, 4.69) is 6.92 Å². The topological polar surface area (TPSA) is 55.8 Å². The Labute approximate surface area is 139 Å². The lowest BCUT2D eigenvalue weighted by atomic mass is 9.70. The van der Waals surface area contributed by atoms with Crippen molar-refractivity contribution in [3.63, 3.8) is 0 Å². The van der Waals surface area contributed by atoms with Gasteiger partial charge in [-0.15, -0.1) is 0 Å².